The van der Waals surface area contributed by atoms with E-state index in [1.54, 1.807) is 5.43 Å². The molecule has 0 radical (unpaired) electrons. The summed E-state index contributed by atoms with van der Waals surface area (Å²) in [4.78, 5) is 21.2. The highest BCUT2D eigenvalue weighted by atomic mass is 32.2. The number of nitroso groups, excluding NO2 is 1. The van der Waals surface area contributed by atoms with Crippen LogP contribution >= 0.6 is 0 Å². The van der Waals surface area contributed by atoms with Crippen LogP contribution in [-0.2, 0) is 10.0 Å². The minimum Gasteiger partial charge on any atom is -0.508 e. The molecule has 1 rings (SSSR count). The van der Waals surface area contributed by atoms with Gasteiger partial charge in [0.1, 0.15) is 5.75 Å². The second-order valence-corrected chi connectivity index (χ2v) is 9.85. The van der Waals surface area contributed by atoms with Gasteiger partial charge in [-0.05, 0) is 48.4 Å². The standard InChI is InChI=1S/C18H30N4O5S/c1-14(2)12-22(28(26,27)16-8-6-15(23)7-9-16)13-18(3,4)10-5-11-19-17(24)20-21-25/h6-9,14,23H,5,10-13H2,1-4H3,(H2,19,20,24,25). The van der Waals surface area contributed by atoms with E-state index < -0.39 is 16.1 Å². The van der Waals surface area contributed by atoms with Crippen LogP contribution in [-0.4, -0.2) is 43.5 Å². The first kappa shape index (κ1) is 23.8. The first-order valence-electron chi connectivity index (χ1n) is 9.13. The predicted molar refractivity (Wildman–Crippen MR) is 107 cm³/mol. The molecule has 0 aliphatic rings. The molecule has 0 unspecified atom stereocenters. The fourth-order valence-corrected chi connectivity index (χ4v) is 4.62. The number of phenols is 1. The number of amides is 2. The summed E-state index contributed by atoms with van der Waals surface area (Å²) >= 11 is 0. The summed E-state index contributed by atoms with van der Waals surface area (Å²) in [7, 11) is -3.70. The van der Waals surface area contributed by atoms with E-state index in [9.17, 15) is 23.2 Å². The number of urea groups is 1. The van der Waals surface area contributed by atoms with E-state index in [1.165, 1.54) is 28.6 Å². The van der Waals surface area contributed by atoms with Crippen LogP contribution in [0.3, 0.4) is 0 Å². The highest BCUT2D eigenvalue weighted by molar-refractivity contribution is 7.89. The third-order valence-electron chi connectivity index (χ3n) is 4.11. The Hall–Kier alpha value is -2.20. The number of hydrogen-bond donors (Lipinski definition) is 3. The lowest BCUT2D eigenvalue weighted by Crippen LogP contribution is -2.41. The maximum absolute atomic E-state index is 13.1. The lowest BCUT2D eigenvalue weighted by atomic mass is 9.87. The molecule has 10 heteroatoms. The number of hydrogen-bond acceptors (Lipinski definition) is 6. The zero-order chi connectivity index (χ0) is 21.4. The molecule has 0 aliphatic carbocycles. The number of aromatic hydroxyl groups is 1. The molecule has 158 valence electrons. The maximum atomic E-state index is 13.1. The first-order chi connectivity index (χ1) is 13.0. The van der Waals surface area contributed by atoms with Crippen LogP contribution < -0.4 is 10.7 Å². The highest BCUT2D eigenvalue weighted by Gasteiger charge is 2.31. The van der Waals surface area contributed by atoms with Gasteiger partial charge in [-0.25, -0.2) is 13.2 Å². The van der Waals surface area contributed by atoms with Crippen molar-refractivity contribution in [3.63, 3.8) is 0 Å². The molecule has 3 N–H and O–H groups in total. The SMILES string of the molecule is CC(C)CN(CC(C)(C)CCCNC(=O)NN=O)S(=O)(=O)c1ccc(O)cc1. The smallest absolute Gasteiger partial charge is 0.337 e. The molecule has 0 aliphatic heterocycles. The van der Waals surface area contributed by atoms with Crippen LogP contribution in [0, 0.1) is 16.2 Å². The van der Waals surface area contributed by atoms with Crippen LogP contribution in [0.25, 0.3) is 0 Å². The largest absolute Gasteiger partial charge is 0.508 e. The van der Waals surface area contributed by atoms with Gasteiger partial charge in [-0.15, -0.1) is 4.91 Å². The maximum Gasteiger partial charge on any atom is 0.337 e. The first-order valence-corrected chi connectivity index (χ1v) is 10.6. The molecule has 1 aromatic carbocycles. The van der Waals surface area contributed by atoms with Gasteiger partial charge >= 0.3 is 6.03 Å². The van der Waals surface area contributed by atoms with Crippen molar-refractivity contribution in [3.05, 3.63) is 29.2 Å². The van der Waals surface area contributed by atoms with Crippen molar-refractivity contribution in [2.24, 2.45) is 16.6 Å². The van der Waals surface area contributed by atoms with E-state index >= 15 is 0 Å². The molecule has 0 heterocycles. The number of carbonyl (C=O) groups is 1. The van der Waals surface area contributed by atoms with Gasteiger partial charge in [0, 0.05) is 19.6 Å². The molecule has 28 heavy (non-hydrogen) atoms. The fraction of sp³-hybridized carbons (Fsp3) is 0.611. The summed E-state index contributed by atoms with van der Waals surface area (Å²) in [6.45, 7) is 8.89. The van der Waals surface area contributed by atoms with Crippen molar-refractivity contribution < 1.29 is 18.3 Å². The Bertz CT molecular complexity index is 748. The molecule has 0 spiro atoms. The summed E-state index contributed by atoms with van der Waals surface area (Å²) < 4.78 is 27.6. The Morgan fingerprint density at radius 3 is 2.39 bits per heavy atom. The number of benzene rings is 1. The van der Waals surface area contributed by atoms with E-state index in [1.807, 2.05) is 27.7 Å². The summed E-state index contributed by atoms with van der Waals surface area (Å²) in [6.07, 6.45) is 1.29. The molecular weight excluding hydrogens is 384 g/mol. The number of nitrogens with zero attached hydrogens (tertiary/aromatic N) is 2. The molecule has 0 atom stereocenters. The van der Waals surface area contributed by atoms with Gasteiger partial charge in [-0.2, -0.15) is 9.73 Å². The Morgan fingerprint density at radius 1 is 1.25 bits per heavy atom. The molecule has 0 saturated carbocycles. The number of phenolic OH excluding ortho intramolecular Hbond substituents is 1. The summed E-state index contributed by atoms with van der Waals surface area (Å²) in [6, 6.07) is 4.85. The zero-order valence-corrected chi connectivity index (χ0v) is 17.6. The van der Waals surface area contributed by atoms with Crippen molar-refractivity contribution >= 4 is 16.1 Å². The average molecular weight is 415 g/mol. The molecular formula is C18H30N4O5S. The van der Waals surface area contributed by atoms with Gasteiger partial charge in [0.15, 0.2) is 0 Å². The monoisotopic (exact) mass is 414 g/mol. The minimum atomic E-state index is -3.70. The second-order valence-electron chi connectivity index (χ2n) is 7.91. The Kier molecular flexibility index (Phi) is 8.83. The third kappa shape index (κ3) is 7.81. The van der Waals surface area contributed by atoms with Crippen molar-refractivity contribution in [3.8, 4) is 5.75 Å². The quantitative estimate of drug-likeness (QED) is 0.291. The number of nitrogens with one attached hydrogen (secondary N) is 2. The number of carbonyl (C=O) groups excluding carboxylic acids is 1. The molecule has 9 nitrogen and oxygen atoms in total. The Morgan fingerprint density at radius 2 is 1.86 bits per heavy atom. The van der Waals surface area contributed by atoms with E-state index in [2.05, 4.69) is 10.6 Å². The minimum absolute atomic E-state index is 0.0102. The Balaban J connectivity index is 2.82. The van der Waals surface area contributed by atoms with Gasteiger partial charge in [0.05, 0.1) is 10.2 Å². The molecule has 0 saturated heterocycles. The van der Waals surface area contributed by atoms with E-state index in [0.717, 1.165) is 0 Å². The van der Waals surface area contributed by atoms with Crippen LogP contribution in [0.2, 0.25) is 0 Å². The Labute approximate surface area is 166 Å². The highest BCUT2D eigenvalue weighted by Crippen LogP contribution is 2.28. The van der Waals surface area contributed by atoms with Gasteiger partial charge in [0.2, 0.25) is 10.0 Å². The van der Waals surface area contributed by atoms with E-state index in [-0.39, 0.29) is 22.0 Å². The second kappa shape index (κ2) is 10.4. The van der Waals surface area contributed by atoms with Crippen LogP contribution in [0.5, 0.6) is 5.75 Å². The average Bonchev–Trinajstić information content (AvgIpc) is 2.58. The van der Waals surface area contributed by atoms with Crippen LogP contribution in [0.4, 0.5) is 4.79 Å². The zero-order valence-electron chi connectivity index (χ0n) is 16.8. The molecule has 0 fully saturated rings. The lowest BCUT2D eigenvalue weighted by Gasteiger charge is -2.33. The third-order valence-corrected chi connectivity index (χ3v) is 5.94. The molecule has 0 aromatic heterocycles. The topological polar surface area (TPSA) is 128 Å². The summed E-state index contributed by atoms with van der Waals surface area (Å²) in [5, 5.41) is 14.2. The fourth-order valence-electron chi connectivity index (χ4n) is 2.83. The molecule has 0 bridgehead atoms. The van der Waals surface area contributed by atoms with Gasteiger partial charge in [-0.3, -0.25) is 0 Å². The molecule has 1 aromatic rings. The van der Waals surface area contributed by atoms with E-state index in [0.29, 0.717) is 32.5 Å². The van der Waals surface area contributed by atoms with Crippen molar-refractivity contribution in [2.45, 2.75) is 45.4 Å². The molecule has 2 amide bonds. The van der Waals surface area contributed by atoms with Gasteiger partial charge < -0.3 is 10.4 Å². The van der Waals surface area contributed by atoms with Gasteiger partial charge in [-0.1, -0.05) is 27.7 Å². The van der Waals surface area contributed by atoms with Crippen molar-refractivity contribution in [1.29, 1.82) is 0 Å². The van der Waals surface area contributed by atoms with Crippen molar-refractivity contribution in [1.82, 2.24) is 15.0 Å². The van der Waals surface area contributed by atoms with Gasteiger partial charge in [0.25, 0.3) is 0 Å². The van der Waals surface area contributed by atoms with E-state index in [4.69, 9.17) is 0 Å². The summed E-state index contributed by atoms with van der Waals surface area (Å²) in [5.41, 5.74) is 1.42. The van der Waals surface area contributed by atoms with Crippen LogP contribution in [0.1, 0.15) is 40.5 Å². The lowest BCUT2D eigenvalue weighted by molar-refractivity contribution is 0.223. The number of rotatable bonds is 11. The van der Waals surface area contributed by atoms with Crippen LogP contribution in [0.15, 0.2) is 34.4 Å². The predicted octanol–water partition coefficient (Wildman–Crippen LogP) is 2.83. The number of sulfonamides is 1. The van der Waals surface area contributed by atoms with Crippen molar-refractivity contribution in [2.75, 3.05) is 19.6 Å². The normalized spacial score (nSPS) is 12.2. The summed E-state index contributed by atoms with van der Waals surface area (Å²) in [5.74, 6) is 0.153.